The van der Waals surface area contributed by atoms with Crippen molar-refractivity contribution in [2.45, 2.75) is 16.2 Å². The molecule has 0 aliphatic carbocycles. The van der Waals surface area contributed by atoms with Crippen LogP contribution in [0.25, 0.3) is 0 Å². The molecule has 0 fully saturated rings. The van der Waals surface area contributed by atoms with Crippen molar-refractivity contribution in [3.05, 3.63) is 59.9 Å². The molecule has 0 bridgehead atoms. The Morgan fingerprint density at radius 1 is 1.19 bits per heavy atom. The number of carbonyl (C=O) groups excluding carboxylic acids is 1. The highest BCUT2D eigenvalue weighted by atomic mass is 32.2. The van der Waals surface area contributed by atoms with Crippen LogP contribution in [0.4, 0.5) is 9.52 Å². The Morgan fingerprint density at radius 2 is 1.96 bits per heavy atom. The van der Waals surface area contributed by atoms with Crippen LogP contribution in [0.3, 0.4) is 0 Å². The summed E-state index contributed by atoms with van der Waals surface area (Å²) >= 11 is 2.74. The lowest BCUT2D eigenvalue weighted by atomic mass is 10.2. The van der Waals surface area contributed by atoms with Gasteiger partial charge in [-0.25, -0.2) is 4.39 Å². The Morgan fingerprint density at radius 3 is 2.78 bits per heavy atom. The van der Waals surface area contributed by atoms with E-state index in [9.17, 15) is 9.18 Å². The van der Waals surface area contributed by atoms with E-state index < -0.39 is 6.10 Å². The summed E-state index contributed by atoms with van der Waals surface area (Å²) < 4.78 is 24.9. The van der Waals surface area contributed by atoms with Gasteiger partial charge in [0.2, 0.25) is 11.2 Å². The number of nitrogens with one attached hydrogen (secondary N) is 1. The Bertz CT molecular complexity index is 949. The molecule has 0 saturated heterocycles. The molecule has 1 aliphatic heterocycles. The predicted octanol–water partition coefficient (Wildman–Crippen LogP) is 3.75. The van der Waals surface area contributed by atoms with Gasteiger partial charge < -0.3 is 9.47 Å². The summed E-state index contributed by atoms with van der Waals surface area (Å²) in [4.78, 5) is 12.4. The van der Waals surface area contributed by atoms with E-state index in [0.717, 1.165) is 5.56 Å². The molecule has 1 amide bonds. The maximum Gasteiger partial charge on any atom is 0.270 e. The number of para-hydroxylation sites is 2. The number of halogens is 1. The number of nitrogens with zero attached hydrogens (tertiary/aromatic N) is 2. The summed E-state index contributed by atoms with van der Waals surface area (Å²) in [5.41, 5.74) is 0.980. The van der Waals surface area contributed by atoms with Gasteiger partial charge in [0.15, 0.2) is 15.8 Å². The fourth-order valence-electron chi connectivity index (χ4n) is 2.38. The van der Waals surface area contributed by atoms with Gasteiger partial charge in [-0.2, -0.15) is 0 Å². The van der Waals surface area contributed by atoms with Crippen molar-refractivity contribution in [2.75, 3.05) is 11.9 Å². The average molecular weight is 403 g/mol. The first-order valence-electron chi connectivity index (χ1n) is 8.07. The first-order chi connectivity index (χ1) is 13.2. The van der Waals surface area contributed by atoms with Crippen LogP contribution in [0.5, 0.6) is 11.5 Å². The second kappa shape index (κ2) is 7.93. The topological polar surface area (TPSA) is 73.3 Å². The Hall–Kier alpha value is -2.65. The monoisotopic (exact) mass is 403 g/mol. The van der Waals surface area contributed by atoms with Crippen LogP contribution >= 0.6 is 23.1 Å². The van der Waals surface area contributed by atoms with Crippen molar-refractivity contribution < 1.29 is 18.7 Å². The normalized spacial score (nSPS) is 15.4. The van der Waals surface area contributed by atoms with Gasteiger partial charge in [0, 0.05) is 5.75 Å². The first-order valence-corrected chi connectivity index (χ1v) is 9.88. The molecule has 3 aromatic rings. The molecule has 1 aromatic heterocycles. The number of ether oxygens (including phenoxy) is 2. The third-order valence-corrected chi connectivity index (χ3v) is 5.76. The molecule has 4 rings (SSSR count). The fourth-order valence-corrected chi connectivity index (χ4v) is 4.09. The highest BCUT2D eigenvalue weighted by Crippen LogP contribution is 2.32. The molecule has 1 atom stereocenters. The molecule has 0 radical (unpaired) electrons. The van der Waals surface area contributed by atoms with Crippen molar-refractivity contribution >= 4 is 34.1 Å². The summed E-state index contributed by atoms with van der Waals surface area (Å²) in [5, 5.41) is 11.1. The molecule has 0 saturated carbocycles. The Balaban J connectivity index is 1.32. The van der Waals surface area contributed by atoms with Crippen molar-refractivity contribution in [3.63, 3.8) is 0 Å². The number of benzene rings is 2. The minimum Gasteiger partial charge on any atom is -0.485 e. The van der Waals surface area contributed by atoms with Crippen molar-refractivity contribution in [2.24, 2.45) is 0 Å². The number of hydrogen-bond acceptors (Lipinski definition) is 7. The van der Waals surface area contributed by atoms with Crippen LogP contribution in [0.2, 0.25) is 0 Å². The fraction of sp³-hybridized carbons (Fsp3) is 0.167. The minimum atomic E-state index is -0.751. The number of hydrogen-bond donors (Lipinski definition) is 1. The van der Waals surface area contributed by atoms with Gasteiger partial charge in [-0.1, -0.05) is 47.4 Å². The summed E-state index contributed by atoms with van der Waals surface area (Å²) in [7, 11) is 0. The van der Waals surface area contributed by atoms with Crippen molar-refractivity contribution in [1.29, 1.82) is 0 Å². The number of amides is 1. The average Bonchev–Trinajstić information content (AvgIpc) is 3.14. The lowest BCUT2D eigenvalue weighted by molar-refractivity contribution is -0.125. The number of carbonyl (C=O) groups is 1. The van der Waals surface area contributed by atoms with E-state index in [-0.39, 0.29) is 18.3 Å². The van der Waals surface area contributed by atoms with E-state index in [2.05, 4.69) is 15.5 Å². The molecular weight excluding hydrogens is 389 g/mol. The van der Waals surface area contributed by atoms with Crippen LogP contribution in [0, 0.1) is 5.82 Å². The van der Waals surface area contributed by atoms with E-state index in [1.165, 1.54) is 35.2 Å². The van der Waals surface area contributed by atoms with Crippen LogP contribution < -0.4 is 14.8 Å². The van der Waals surface area contributed by atoms with E-state index in [1.807, 2.05) is 12.1 Å². The molecular formula is C18H14FN3O3S2. The predicted molar refractivity (Wildman–Crippen MR) is 101 cm³/mol. The lowest BCUT2D eigenvalue weighted by Crippen LogP contribution is -2.40. The van der Waals surface area contributed by atoms with Gasteiger partial charge in [0.25, 0.3) is 5.91 Å². The van der Waals surface area contributed by atoms with E-state index in [4.69, 9.17) is 9.47 Å². The second-order valence-electron chi connectivity index (χ2n) is 5.64. The summed E-state index contributed by atoms with van der Waals surface area (Å²) in [6, 6.07) is 13.5. The van der Waals surface area contributed by atoms with Gasteiger partial charge in [0.05, 0.1) is 0 Å². The van der Waals surface area contributed by atoms with Crippen LogP contribution in [-0.2, 0) is 10.5 Å². The Kier molecular flexibility index (Phi) is 5.21. The molecule has 138 valence electrons. The maximum absolute atomic E-state index is 12.9. The first kappa shape index (κ1) is 17.7. The smallest absolute Gasteiger partial charge is 0.270 e. The molecule has 1 unspecified atom stereocenters. The van der Waals surface area contributed by atoms with Crippen LogP contribution in [0.15, 0.2) is 52.9 Å². The zero-order chi connectivity index (χ0) is 18.6. The SMILES string of the molecule is O=C(Nc1nnc(SCc2ccc(F)cc2)s1)C1COc2ccccc2O1. The summed E-state index contributed by atoms with van der Waals surface area (Å²) in [5.74, 6) is 1.20. The molecule has 27 heavy (non-hydrogen) atoms. The van der Waals surface area contributed by atoms with E-state index >= 15 is 0 Å². The quantitative estimate of drug-likeness (QED) is 0.517. The van der Waals surface area contributed by atoms with Gasteiger partial charge in [-0.05, 0) is 29.8 Å². The molecule has 2 aromatic carbocycles. The van der Waals surface area contributed by atoms with Crippen molar-refractivity contribution in [1.82, 2.24) is 10.2 Å². The molecule has 0 spiro atoms. The van der Waals surface area contributed by atoms with Crippen LogP contribution in [-0.4, -0.2) is 28.8 Å². The molecule has 6 nitrogen and oxygen atoms in total. The number of anilines is 1. The van der Waals surface area contributed by atoms with Gasteiger partial charge in [0.1, 0.15) is 12.4 Å². The molecule has 1 aliphatic rings. The third kappa shape index (κ3) is 4.37. The zero-order valence-electron chi connectivity index (χ0n) is 13.9. The summed E-state index contributed by atoms with van der Waals surface area (Å²) in [6.07, 6.45) is -0.751. The second-order valence-corrected chi connectivity index (χ2v) is 7.84. The van der Waals surface area contributed by atoms with Gasteiger partial charge in [-0.15, -0.1) is 10.2 Å². The highest BCUT2D eigenvalue weighted by molar-refractivity contribution is 8.00. The number of rotatable bonds is 5. The van der Waals surface area contributed by atoms with E-state index in [1.54, 1.807) is 24.3 Å². The number of aromatic nitrogens is 2. The van der Waals surface area contributed by atoms with Gasteiger partial charge >= 0.3 is 0 Å². The third-order valence-electron chi connectivity index (χ3n) is 3.71. The summed E-state index contributed by atoms with van der Waals surface area (Å²) in [6.45, 7) is 0.133. The lowest BCUT2D eigenvalue weighted by Gasteiger charge is -2.25. The largest absolute Gasteiger partial charge is 0.485 e. The minimum absolute atomic E-state index is 0.133. The highest BCUT2D eigenvalue weighted by Gasteiger charge is 2.28. The number of fused-ring (bicyclic) bond motifs is 1. The zero-order valence-corrected chi connectivity index (χ0v) is 15.6. The van der Waals surface area contributed by atoms with E-state index in [0.29, 0.717) is 26.7 Å². The standard InChI is InChI=1S/C18H14FN3O3S2/c19-12-7-5-11(6-8-12)10-26-18-22-21-17(27-18)20-16(23)15-9-24-13-3-1-2-4-14(13)25-15/h1-8,15H,9-10H2,(H,20,21,23). The molecule has 1 N–H and O–H groups in total. The van der Waals surface area contributed by atoms with Crippen molar-refractivity contribution in [3.8, 4) is 11.5 Å². The Labute approximate surface area is 162 Å². The number of thioether (sulfide) groups is 1. The van der Waals surface area contributed by atoms with Crippen LogP contribution in [0.1, 0.15) is 5.56 Å². The maximum atomic E-state index is 12.9. The molecule has 9 heteroatoms. The van der Waals surface area contributed by atoms with Gasteiger partial charge in [-0.3, -0.25) is 10.1 Å². The molecule has 2 heterocycles.